The van der Waals surface area contributed by atoms with Crippen molar-refractivity contribution in [1.29, 1.82) is 0 Å². The third-order valence-electron chi connectivity index (χ3n) is 3.67. The van der Waals surface area contributed by atoms with Crippen LogP contribution in [0.25, 0.3) is 0 Å². The number of hydrogen-bond acceptors (Lipinski definition) is 1. The molecule has 0 spiro atoms. The van der Waals surface area contributed by atoms with E-state index in [4.69, 9.17) is 0 Å². The van der Waals surface area contributed by atoms with E-state index in [0.29, 0.717) is 0 Å². The number of hydrogen-bond donors (Lipinski definition) is 0. The fourth-order valence-corrected chi connectivity index (χ4v) is 2.99. The summed E-state index contributed by atoms with van der Waals surface area (Å²) in [4.78, 5) is 2.54. The van der Waals surface area contributed by atoms with Crippen molar-refractivity contribution in [2.24, 2.45) is 5.92 Å². The Kier molecular flexibility index (Phi) is 4.28. The Morgan fingerprint density at radius 2 is 1.94 bits per heavy atom. The first-order valence-corrected chi connectivity index (χ1v) is 7.36. The van der Waals surface area contributed by atoms with Gasteiger partial charge in [0.05, 0.1) is 0 Å². The Labute approximate surface area is 107 Å². The second-order valence-corrected chi connectivity index (χ2v) is 5.16. The topological polar surface area (TPSA) is 3.24 Å². The van der Waals surface area contributed by atoms with Crippen LogP contribution in [0.15, 0.2) is 24.3 Å². The van der Waals surface area contributed by atoms with Crippen molar-refractivity contribution in [3.8, 4) is 0 Å². The van der Waals surface area contributed by atoms with Crippen LogP contribution in [0.5, 0.6) is 0 Å². The third kappa shape index (κ3) is 2.60. The lowest BCUT2D eigenvalue weighted by Crippen LogP contribution is -2.33. The van der Waals surface area contributed by atoms with Gasteiger partial charge in [0.2, 0.25) is 0 Å². The van der Waals surface area contributed by atoms with Crippen molar-refractivity contribution >= 4 is 21.6 Å². The molecule has 0 atom stereocenters. The molecule has 0 N–H and O–H groups in total. The first kappa shape index (κ1) is 12.0. The minimum atomic E-state index is 0.951. The van der Waals surface area contributed by atoms with Crippen LogP contribution >= 0.6 is 15.9 Å². The number of benzene rings is 1. The molecule has 1 nitrogen and oxygen atoms in total. The lowest BCUT2D eigenvalue weighted by Gasteiger charge is -2.34. The molecule has 1 aliphatic rings. The maximum Gasteiger partial charge on any atom is 0.0407 e. The van der Waals surface area contributed by atoms with Gasteiger partial charge in [-0.3, -0.25) is 0 Å². The Bertz CT molecular complexity index is 329. The number of rotatable bonds is 3. The minimum Gasteiger partial charge on any atom is -0.371 e. The molecular formula is C14H20BrN. The normalized spacial score (nSPS) is 17.8. The quantitative estimate of drug-likeness (QED) is 0.751. The predicted molar refractivity (Wildman–Crippen MR) is 74.3 cm³/mol. The average molecular weight is 282 g/mol. The smallest absolute Gasteiger partial charge is 0.0407 e. The molecular weight excluding hydrogens is 262 g/mol. The number of nitrogens with zero attached hydrogens (tertiary/aromatic N) is 1. The molecule has 0 aliphatic carbocycles. The molecule has 16 heavy (non-hydrogen) atoms. The van der Waals surface area contributed by atoms with Gasteiger partial charge in [0.15, 0.2) is 0 Å². The highest BCUT2D eigenvalue weighted by Gasteiger charge is 2.19. The second-order valence-electron chi connectivity index (χ2n) is 4.60. The van der Waals surface area contributed by atoms with Gasteiger partial charge in [0.1, 0.15) is 0 Å². The van der Waals surface area contributed by atoms with Gasteiger partial charge in [-0.1, -0.05) is 47.5 Å². The summed E-state index contributed by atoms with van der Waals surface area (Å²) >= 11 is 3.57. The zero-order valence-electron chi connectivity index (χ0n) is 9.95. The van der Waals surface area contributed by atoms with Crippen LogP contribution in [0.2, 0.25) is 0 Å². The summed E-state index contributed by atoms with van der Waals surface area (Å²) in [6.45, 7) is 4.76. The van der Waals surface area contributed by atoms with Gasteiger partial charge >= 0.3 is 0 Å². The standard InChI is InChI=1S/C14H20BrN/c1-2-12-7-9-16(10-8-12)14-6-4-3-5-13(14)11-15/h3-6,12H,2,7-11H2,1H3. The van der Waals surface area contributed by atoms with Gasteiger partial charge in [-0.15, -0.1) is 0 Å². The van der Waals surface area contributed by atoms with Gasteiger partial charge in [-0.2, -0.15) is 0 Å². The van der Waals surface area contributed by atoms with Crippen LogP contribution < -0.4 is 4.90 Å². The van der Waals surface area contributed by atoms with Crippen LogP contribution in [0, 0.1) is 5.92 Å². The molecule has 0 unspecified atom stereocenters. The van der Waals surface area contributed by atoms with Crippen LogP contribution in [-0.4, -0.2) is 13.1 Å². The summed E-state index contributed by atoms with van der Waals surface area (Å²) in [6, 6.07) is 8.74. The van der Waals surface area contributed by atoms with E-state index in [1.165, 1.54) is 43.6 Å². The molecule has 2 heteroatoms. The summed E-state index contributed by atoms with van der Waals surface area (Å²) in [6.07, 6.45) is 4.05. The third-order valence-corrected chi connectivity index (χ3v) is 4.27. The predicted octanol–water partition coefficient (Wildman–Crippen LogP) is 4.21. The van der Waals surface area contributed by atoms with E-state index in [0.717, 1.165) is 11.2 Å². The SMILES string of the molecule is CCC1CCN(c2ccccc2CBr)CC1. The van der Waals surface area contributed by atoms with Gasteiger partial charge in [0, 0.05) is 24.1 Å². The molecule has 1 aromatic carbocycles. The fourth-order valence-electron chi connectivity index (χ4n) is 2.51. The van der Waals surface area contributed by atoms with E-state index < -0.39 is 0 Å². The maximum absolute atomic E-state index is 3.57. The van der Waals surface area contributed by atoms with Crippen LogP contribution in [0.1, 0.15) is 31.7 Å². The van der Waals surface area contributed by atoms with E-state index in [2.05, 4.69) is 52.0 Å². The highest BCUT2D eigenvalue weighted by molar-refractivity contribution is 9.08. The molecule has 88 valence electrons. The molecule has 0 aromatic heterocycles. The number of alkyl halides is 1. The minimum absolute atomic E-state index is 0.951. The first-order chi connectivity index (χ1) is 7.85. The van der Waals surface area contributed by atoms with E-state index in [1.54, 1.807) is 0 Å². The number of para-hydroxylation sites is 1. The Balaban J connectivity index is 2.07. The van der Waals surface area contributed by atoms with Gasteiger partial charge in [0.25, 0.3) is 0 Å². The summed E-state index contributed by atoms with van der Waals surface area (Å²) in [5.41, 5.74) is 2.84. The Morgan fingerprint density at radius 1 is 1.25 bits per heavy atom. The van der Waals surface area contributed by atoms with Gasteiger partial charge in [-0.05, 0) is 30.4 Å². The van der Waals surface area contributed by atoms with E-state index in [1.807, 2.05) is 0 Å². The summed E-state index contributed by atoms with van der Waals surface area (Å²) in [5, 5.41) is 0.955. The van der Waals surface area contributed by atoms with E-state index >= 15 is 0 Å². The van der Waals surface area contributed by atoms with Crippen molar-refractivity contribution in [1.82, 2.24) is 0 Å². The zero-order valence-corrected chi connectivity index (χ0v) is 11.5. The van der Waals surface area contributed by atoms with Crippen LogP contribution in [0.3, 0.4) is 0 Å². The first-order valence-electron chi connectivity index (χ1n) is 6.24. The van der Waals surface area contributed by atoms with Crippen molar-refractivity contribution in [2.45, 2.75) is 31.5 Å². The molecule has 1 heterocycles. The van der Waals surface area contributed by atoms with E-state index in [9.17, 15) is 0 Å². The van der Waals surface area contributed by atoms with Crippen molar-refractivity contribution in [2.75, 3.05) is 18.0 Å². The van der Waals surface area contributed by atoms with Crippen molar-refractivity contribution in [3.63, 3.8) is 0 Å². The van der Waals surface area contributed by atoms with Gasteiger partial charge in [-0.25, -0.2) is 0 Å². The molecule has 1 saturated heterocycles. The number of anilines is 1. The summed E-state index contributed by atoms with van der Waals surface area (Å²) < 4.78 is 0. The van der Waals surface area contributed by atoms with Crippen molar-refractivity contribution in [3.05, 3.63) is 29.8 Å². The number of halogens is 1. The average Bonchev–Trinajstić information content (AvgIpc) is 2.39. The summed E-state index contributed by atoms with van der Waals surface area (Å²) in [7, 11) is 0. The lowest BCUT2D eigenvalue weighted by molar-refractivity contribution is 0.395. The molecule has 0 radical (unpaired) electrons. The molecule has 1 fully saturated rings. The highest BCUT2D eigenvalue weighted by atomic mass is 79.9. The largest absolute Gasteiger partial charge is 0.371 e. The van der Waals surface area contributed by atoms with Crippen LogP contribution in [0.4, 0.5) is 5.69 Å². The molecule has 0 bridgehead atoms. The zero-order chi connectivity index (χ0) is 11.4. The Morgan fingerprint density at radius 3 is 2.56 bits per heavy atom. The molecule has 1 aliphatic heterocycles. The van der Waals surface area contributed by atoms with Gasteiger partial charge < -0.3 is 4.90 Å². The monoisotopic (exact) mass is 281 g/mol. The van der Waals surface area contributed by atoms with E-state index in [-0.39, 0.29) is 0 Å². The number of piperidine rings is 1. The molecule has 1 aromatic rings. The molecule has 0 amide bonds. The van der Waals surface area contributed by atoms with Crippen molar-refractivity contribution < 1.29 is 0 Å². The fraction of sp³-hybridized carbons (Fsp3) is 0.571. The lowest BCUT2D eigenvalue weighted by atomic mass is 9.94. The second kappa shape index (κ2) is 5.72. The highest BCUT2D eigenvalue weighted by Crippen LogP contribution is 2.28. The maximum atomic E-state index is 3.57. The Hall–Kier alpha value is -0.500. The summed E-state index contributed by atoms with van der Waals surface area (Å²) in [5.74, 6) is 0.951. The molecule has 0 saturated carbocycles. The van der Waals surface area contributed by atoms with Crippen LogP contribution in [-0.2, 0) is 5.33 Å². The molecule has 2 rings (SSSR count).